The van der Waals surface area contributed by atoms with Gasteiger partial charge in [0.2, 0.25) is 5.91 Å². The quantitative estimate of drug-likeness (QED) is 0.311. The molecule has 4 aliphatic rings. The van der Waals surface area contributed by atoms with Crippen molar-refractivity contribution >= 4 is 23.5 Å². The number of terminal acetylenes is 1. The molecule has 9 heteroatoms. The number of carbonyl (C=O) groups is 3. The monoisotopic (exact) mass is 499 g/mol. The van der Waals surface area contributed by atoms with Crippen molar-refractivity contribution < 1.29 is 29.4 Å². The number of carboxylic acid groups (broad SMARTS) is 1. The van der Waals surface area contributed by atoms with Gasteiger partial charge in [-0.3, -0.25) is 9.59 Å². The minimum Gasteiger partial charge on any atom is -0.480 e. The first-order valence-electron chi connectivity index (χ1n) is 12.8. The number of amides is 2. The maximum Gasteiger partial charge on any atom is 0.326 e. The van der Waals surface area contributed by atoms with E-state index in [1.807, 2.05) is 0 Å². The third-order valence-corrected chi connectivity index (χ3v) is 9.78. The van der Waals surface area contributed by atoms with E-state index in [0.717, 1.165) is 50.7 Å². The summed E-state index contributed by atoms with van der Waals surface area (Å²) >= 11 is 0. The lowest BCUT2D eigenvalue weighted by molar-refractivity contribution is -0.144. The predicted octanol–water partition coefficient (Wildman–Crippen LogP) is 2.13. The highest BCUT2D eigenvalue weighted by Gasteiger charge is 2.63. The molecular weight excluding hydrogens is 462 g/mol. The van der Waals surface area contributed by atoms with E-state index in [1.54, 1.807) is 0 Å². The maximum atomic E-state index is 12.0. The zero-order valence-electron chi connectivity index (χ0n) is 21.1. The molecule has 0 bridgehead atoms. The highest BCUT2D eigenvalue weighted by atomic mass is 16.6. The summed E-state index contributed by atoms with van der Waals surface area (Å²) in [7, 11) is 0. The third kappa shape index (κ3) is 4.40. The second-order valence-corrected chi connectivity index (χ2v) is 11.5. The summed E-state index contributed by atoms with van der Waals surface area (Å²) in [6.45, 7) is 4.10. The molecule has 5 N–H and O–H groups in total. The van der Waals surface area contributed by atoms with Gasteiger partial charge in [0.25, 0.3) is 5.91 Å². The molecule has 4 rings (SSSR count). The van der Waals surface area contributed by atoms with Crippen molar-refractivity contribution in [3.63, 3.8) is 0 Å². The Morgan fingerprint density at radius 3 is 2.61 bits per heavy atom. The topological polar surface area (TPSA) is 151 Å². The molecule has 3 fully saturated rings. The van der Waals surface area contributed by atoms with Crippen molar-refractivity contribution in [1.82, 2.24) is 5.32 Å². The molecule has 0 saturated heterocycles. The van der Waals surface area contributed by atoms with Crippen LogP contribution < -0.4 is 11.1 Å². The minimum absolute atomic E-state index is 0.0704. The van der Waals surface area contributed by atoms with Crippen LogP contribution in [0.4, 0.5) is 0 Å². The zero-order chi connectivity index (χ0) is 26.3. The van der Waals surface area contributed by atoms with Gasteiger partial charge >= 0.3 is 5.97 Å². The first-order chi connectivity index (χ1) is 16.9. The van der Waals surface area contributed by atoms with E-state index in [2.05, 4.69) is 36.3 Å². The fraction of sp³-hybridized carbons (Fsp3) is 0.704. The van der Waals surface area contributed by atoms with Crippen LogP contribution in [-0.4, -0.2) is 52.0 Å². The van der Waals surface area contributed by atoms with Crippen LogP contribution in [0.25, 0.3) is 0 Å². The lowest BCUT2D eigenvalue weighted by atomic mass is 9.46. The molecule has 36 heavy (non-hydrogen) atoms. The second-order valence-electron chi connectivity index (χ2n) is 11.5. The van der Waals surface area contributed by atoms with Gasteiger partial charge in [-0.15, -0.1) is 6.42 Å². The van der Waals surface area contributed by atoms with Crippen molar-refractivity contribution in [2.45, 2.75) is 83.3 Å². The number of aliphatic hydroxyl groups is 1. The van der Waals surface area contributed by atoms with Gasteiger partial charge in [-0.05, 0) is 80.6 Å². The number of oxime groups is 1. The van der Waals surface area contributed by atoms with Crippen molar-refractivity contribution in [3.05, 3.63) is 11.6 Å². The molecule has 0 radical (unpaired) electrons. The van der Waals surface area contributed by atoms with E-state index < -0.39 is 42.5 Å². The average Bonchev–Trinajstić information content (AvgIpc) is 3.09. The van der Waals surface area contributed by atoms with Crippen LogP contribution in [0.3, 0.4) is 0 Å². The molecule has 0 aromatic rings. The van der Waals surface area contributed by atoms with Crippen LogP contribution in [-0.2, 0) is 19.2 Å². The van der Waals surface area contributed by atoms with Crippen LogP contribution in [0.2, 0.25) is 0 Å². The molecule has 0 spiro atoms. The molecule has 2 amide bonds. The number of nitrogens with zero attached hydrogens (tertiary/aromatic N) is 1. The van der Waals surface area contributed by atoms with Crippen LogP contribution in [0.15, 0.2) is 16.8 Å². The van der Waals surface area contributed by atoms with E-state index in [4.69, 9.17) is 22.1 Å². The summed E-state index contributed by atoms with van der Waals surface area (Å²) < 4.78 is 0. The van der Waals surface area contributed by atoms with Crippen molar-refractivity contribution in [3.8, 4) is 12.3 Å². The summed E-state index contributed by atoms with van der Waals surface area (Å²) in [5.41, 5.74) is 6.01. The van der Waals surface area contributed by atoms with Gasteiger partial charge in [0.05, 0.1) is 12.1 Å². The highest BCUT2D eigenvalue weighted by molar-refractivity contribution is 5.96. The average molecular weight is 500 g/mol. The summed E-state index contributed by atoms with van der Waals surface area (Å²) in [4.78, 5) is 39.4. The van der Waals surface area contributed by atoms with Gasteiger partial charge in [-0.25, -0.2) is 4.79 Å². The molecule has 0 aromatic heterocycles. The SMILES string of the molecule is C#C[C@@]1(O)CC[C@H]2[C@@H]3CCC4=C/C(=N\OCC(=O)N[C@H](CC(N)=O)C(=O)O)CC[C@]4(C)[C@H]3CC[C@@]21C. The Morgan fingerprint density at radius 2 is 1.94 bits per heavy atom. The molecule has 7 atom stereocenters. The van der Waals surface area contributed by atoms with Gasteiger partial charge in [0, 0.05) is 5.41 Å². The van der Waals surface area contributed by atoms with E-state index in [9.17, 15) is 19.5 Å². The maximum absolute atomic E-state index is 12.0. The third-order valence-electron chi connectivity index (χ3n) is 9.78. The van der Waals surface area contributed by atoms with Crippen molar-refractivity contribution in [2.24, 2.45) is 39.5 Å². The molecule has 196 valence electrons. The fourth-order valence-corrected chi connectivity index (χ4v) is 7.71. The number of rotatable bonds is 7. The number of fused-ring (bicyclic) bond motifs is 5. The summed E-state index contributed by atoms with van der Waals surface area (Å²) in [5.74, 6) is 1.42. The summed E-state index contributed by atoms with van der Waals surface area (Å²) in [6, 6.07) is -1.40. The normalized spacial score (nSPS) is 39.0. The summed E-state index contributed by atoms with van der Waals surface area (Å²) in [6.07, 6.45) is 14.7. The predicted molar refractivity (Wildman–Crippen MR) is 132 cm³/mol. The smallest absolute Gasteiger partial charge is 0.326 e. The first-order valence-corrected chi connectivity index (χ1v) is 12.8. The van der Waals surface area contributed by atoms with E-state index in [-0.39, 0.29) is 10.8 Å². The van der Waals surface area contributed by atoms with E-state index in [1.165, 1.54) is 5.57 Å². The Kier molecular flexibility index (Phi) is 6.95. The van der Waals surface area contributed by atoms with Gasteiger partial charge < -0.3 is 26.1 Å². The number of hydrogen-bond donors (Lipinski definition) is 4. The van der Waals surface area contributed by atoms with Crippen LogP contribution in [0.5, 0.6) is 0 Å². The van der Waals surface area contributed by atoms with E-state index in [0.29, 0.717) is 24.2 Å². The second kappa shape index (κ2) is 9.55. The van der Waals surface area contributed by atoms with Gasteiger partial charge in [-0.2, -0.15) is 0 Å². The number of nitrogens with two attached hydrogens (primary N) is 1. The lowest BCUT2D eigenvalue weighted by Gasteiger charge is -2.58. The highest BCUT2D eigenvalue weighted by Crippen LogP contribution is 2.67. The Balaban J connectivity index is 1.40. The first kappa shape index (κ1) is 26.2. The Labute approximate surface area is 211 Å². The number of carboxylic acids is 1. The number of aliphatic carboxylic acids is 1. The number of primary amides is 1. The molecule has 0 heterocycles. The van der Waals surface area contributed by atoms with Crippen molar-refractivity contribution in [1.29, 1.82) is 0 Å². The number of nitrogens with one attached hydrogen (secondary N) is 1. The summed E-state index contributed by atoms with van der Waals surface area (Å²) in [5, 5.41) is 26.6. The molecule has 4 aliphatic carbocycles. The minimum atomic E-state index is -1.40. The van der Waals surface area contributed by atoms with Crippen LogP contribution in [0.1, 0.15) is 71.6 Å². The standard InChI is InChI=1S/C27H37N3O6/c1-4-27(35)12-9-20-18-6-5-16-13-17(7-10-25(16,2)19(18)8-11-26(20,27)3)30-36-15-23(32)29-21(24(33)34)14-22(28)31/h1,13,18-21,35H,5-12,14-15H2,2-3H3,(H2,28,31)(H,29,32)(H,33,34)/b30-17-/t18-,19+,20+,21-,25+,26+,27-/m1/s1. The van der Waals surface area contributed by atoms with Gasteiger partial charge in [0.15, 0.2) is 6.61 Å². The molecule has 0 aromatic carbocycles. The molecular formula is C27H37N3O6. The lowest BCUT2D eigenvalue weighted by Crippen LogP contribution is -2.54. The fourth-order valence-electron chi connectivity index (χ4n) is 7.71. The molecule has 0 unspecified atom stereocenters. The van der Waals surface area contributed by atoms with E-state index >= 15 is 0 Å². The number of allylic oxidation sites excluding steroid dienone is 2. The Morgan fingerprint density at radius 1 is 1.22 bits per heavy atom. The molecule has 9 nitrogen and oxygen atoms in total. The number of hydrogen-bond acceptors (Lipinski definition) is 6. The zero-order valence-corrected chi connectivity index (χ0v) is 21.1. The molecule has 0 aliphatic heterocycles. The van der Waals surface area contributed by atoms with Gasteiger partial charge in [0.1, 0.15) is 11.6 Å². The Hall–Kier alpha value is -2.86. The van der Waals surface area contributed by atoms with Gasteiger partial charge in [-0.1, -0.05) is 30.5 Å². The Bertz CT molecular complexity index is 1050. The number of carbonyl (C=O) groups excluding carboxylic acids is 2. The molecule has 3 saturated carbocycles. The van der Waals surface area contributed by atoms with Crippen LogP contribution in [0, 0.1) is 40.9 Å². The van der Waals surface area contributed by atoms with Crippen molar-refractivity contribution in [2.75, 3.05) is 6.61 Å². The van der Waals surface area contributed by atoms with Crippen LogP contribution >= 0.6 is 0 Å². The largest absolute Gasteiger partial charge is 0.480 e.